The van der Waals surface area contributed by atoms with Crippen molar-refractivity contribution in [2.45, 2.75) is 31.5 Å². The molecular formula is C26H25N3O7. The van der Waals surface area contributed by atoms with Crippen molar-refractivity contribution in [3.8, 4) is 0 Å². The minimum absolute atomic E-state index is 0.00421. The van der Waals surface area contributed by atoms with E-state index in [1.807, 2.05) is 12.1 Å². The first kappa shape index (κ1) is 25.9. The van der Waals surface area contributed by atoms with Gasteiger partial charge in [-0.25, -0.2) is 9.59 Å². The number of non-ortho nitro benzene ring substituents is 1. The number of nitro groups is 1. The number of alkyl carbamates (subject to hydrolysis) is 1. The van der Waals surface area contributed by atoms with E-state index in [0.717, 1.165) is 11.1 Å². The molecule has 0 saturated heterocycles. The number of rotatable bonds is 11. The van der Waals surface area contributed by atoms with Gasteiger partial charge in [-0.05, 0) is 16.7 Å². The molecule has 3 aromatic carbocycles. The number of benzene rings is 3. The fourth-order valence-electron chi connectivity index (χ4n) is 3.43. The summed E-state index contributed by atoms with van der Waals surface area (Å²) in [7, 11) is 0. The van der Waals surface area contributed by atoms with Crippen LogP contribution in [0.5, 0.6) is 0 Å². The van der Waals surface area contributed by atoms with Gasteiger partial charge >= 0.3 is 12.1 Å². The van der Waals surface area contributed by atoms with Gasteiger partial charge in [-0.2, -0.15) is 0 Å². The van der Waals surface area contributed by atoms with Gasteiger partial charge in [0, 0.05) is 25.0 Å². The zero-order valence-electron chi connectivity index (χ0n) is 19.2. The molecule has 186 valence electrons. The van der Waals surface area contributed by atoms with Gasteiger partial charge in [0.25, 0.3) is 5.69 Å². The maximum atomic E-state index is 13.1. The largest absolute Gasteiger partial charge is 0.480 e. The van der Waals surface area contributed by atoms with Gasteiger partial charge in [-0.15, -0.1) is 0 Å². The summed E-state index contributed by atoms with van der Waals surface area (Å²) in [4.78, 5) is 47.6. The van der Waals surface area contributed by atoms with Crippen LogP contribution in [0.15, 0.2) is 84.9 Å². The van der Waals surface area contributed by atoms with Crippen molar-refractivity contribution < 1.29 is 29.2 Å². The molecule has 3 aromatic rings. The van der Waals surface area contributed by atoms with Crippen LogP contribution in [-0.2, 0) is 33.8 Å². The summed E-state index contributed by atoms with van der Waals surface area (Å²) >= 11 is 0. The van der Waals surface area contributed by atoms with Crippen LogP contribution in [0.4, 0.5) is 10.5 Å². The summed E-state index contributed by atoms with van der Waals surface area (Å²) in [6.45, 7) is 0.00421. The van der Waals surface area contributed by atoms with E-state index in [1.54, 1.807) is 48.5 Å². The normalized spacial score (nSPS) is 12.1. The van der Waals surface area contributed by atoms with E-state index in [9.17, 15) is 29.6 Å². The summed E-state index contributed by atoms with van der Waals surface area (Å²) in [5.41, 5.74) is 1.88. The monoisotopic (exact) mass is 491 g/mol. The second-order valence-corrected chi connectivity index (χ2v) is 7.98. The van der Waals surface area contributed by atoms with Crippen molar-refractivity contribution in [1.82, 2.24) is 10.6 Å². The third kappa shape index (κ3) is 7.94. The summed E-state index contributed by atoms with van der Waals surface area (Å²) in [6, 6.07) is 20.9. The van der Waals surface area contributed by atoms with Gasteiger partial charge in [0.15, 0.2) is 0 Å². The Morgan fingerprint density at radius 2 is 1.31 bits per heavy atom. The molecule has 0 aliphatic rings. The van der Waals surface area contributed by atoms with E-state index in [4.69, 9.17) is 4.74 Å². The van der Waals surface area contributed by atoms with E-state index >= 15 is 0 Å². The molecular weight excluding hydrogens is 466 g/mol. The fraction of sp³-hybridized carbons (Fsp3) is 0.192. The van der Waals surface area contributed by atoms with Gasteiger partial charge in [0.05, 0.1) is 4.92 Å². The zero-order valence-corrected chi connectivity index (χ0v) is 19.2. The minimum Gasteiger partial charge on any atom is -0.480 e. The third-order valence-corrected chi connectivity index (χ3v) is 5.31. The van der Waals surface area contributed by atoms with Crippen molar-refractivity contribution in [3.63, 3.8) is 0 Å². The topological polar surface area (TPSA) is 148 Å². The standard InChI is InChI=1S/C26H25N3O7/c30-24(27-23(25(31)32)16-19-11-13-21(14-12-19)29(34)35)22(15-18-7-3-1-4-8-18)28-26(33)36-17-20-9-5-2-6-10-20/h1-14,22-23H,15-17H2,(H,27,30)(H,28,33)(H,31,32)/t22-,23+/m0/s1. The summed E-state index contributed by atoms with van der Waals surface area (Å²) in [6.07, 6.45) is -0.816. The number of carbonyl (C=O) groups excluding carboxylic acids is 2. The number of carboxylic acids is 1. The molecule has 0 heterocycles. The second-order valence-electron chi connectivity index (χ2n) is 7.98. The number of carbonyl (C=O) groups is 3. The lowest BCUT2D eigenvalue weighted by Crippen LogP contribution is -2.53. The molecule has 0 fully saturated rings. The maximum absolute atomic E-state index is 13.1. The highest BCUT2D eigenvalue weighted by molar-refractivity contribution is 5.89. The Hall–Kier alpha value is -4.73. The molecule has 0 spiro atoms. The van der Waals surface area contributed by atoms with Crippen LogP contribution in [0.25, 0.3) is 0 Å². The van der Waals surface area contributed by atoms with Crippen LogP contribution in [0, 0.1) is 10.1 Å². The predicted octanol–water partition coefficient (Wildman–Crippen LogP) is 3.24. The fourth-order valence-corrected chi connectivity index (χ4v) is 3.43. The Balaban J connectivity index is 1.69. The lowest BCUT2D eigenvalue weighted by atomic mass is 10.0. The van der Waals surface area contributed by atoms with Crippen LogP contribution < -0.4 is 10.6 Å². The summed E-state index contributed by atoms with van der Waals surface area (Å²) < 4.78 is 5.22. The molecule has 0 saturated carbocycles. The summed E-state index contributed by atoms with van der Waals surface area (Å²) in [5, 5.41) is 25.5. The molecule has 0 aliphatic carbocycles. The molecule has 0 aliphatic heterocycles. The van der Waals surface area contributed by atoms with Crippen LogP contribution in [0.3, 0.4) is 0 Å². The van der Waals surface area contributed by atoms with Crippen molar-refractivity contribution in [2.75, 3.05) is 0 Å². The molecule has 2 atom stereocenters. The number of ether oxygens (including phenoxy) is 1. The first-order valence-corrected chi connectivity index (χ1v) is 11.1. The lowest BCUT2D eigenvalue weighted by molar-refractivity contribution is -0.384. The first-order valence-electron chi connectivity index (χ1n) is 11.1. The molecule has 3 rings (SSSR count). The summed E-state index contributed by atoms with van der Waals surface area (Å²) in [5.74, 6) is -1.99. The van der Waals surface area contributed by atoms with E-state index < -0.39 is 35.0 Å². The molecule has 0 bridgehead atoms. The Morgan fingerprint density at radius 3 is 1.86 bits per heavy atom. The SMILES string of the molecule is O=C(N[C@@H](Cc1ccccc1)C(=O)N[C@H](Cc1ccc([N+](=O)[O-])cc1)C(=O)O)OCc1ccccc1. The second kappa shape index (κ2) is 12.7. The number of hydrogen-bond donors (Lipinski definition) is 3. The molecule has 3 N–H and O–H groups in total. The Kier molecular flexibility index (Phi) is 9.10. The molecule has 2 amide bonds. The average Bonchev–Trinajstić information content (AvgIpc) is 2.88. The van der Waals surface area contributed by atoms with Crippen molar-refractivity contribution >= 4 is 23.7 Å². The molecule has 0 radical (unpaired) electrons. The highest BCUT2D eigenvalue weighted by Gasteiger charge is 2.27. The molecule has 10 nitrogen and oxygen atoms in total. The number of amides is 2. The number of nitro benzene ring substituents is 1. The minimum atomic E-state index is -1.32. The number of aliphatic carboxylic acids is 1. The molecule has 36 heavy (non-hydrogen) atoms. The molecule has 0 aromatic heterocycles. The van der Waals surface area contributed by atoms with Gasteiger partial charge < -0.3 is 20.5 Å². The molecule has 10 heteroatoms. The van der Waals surface area contributed by atoms with Gasteiger partial charge in [0.1, 0.15) is 18.7 Å². The van der Waals surface area contributed by atoms with Crippen molar-refractivity contribution in [3.05, 3.63) is 112 Å². The van der Waals surface area contributed by atoms with Crippen molar-refractivity contribution in [2.24, 2.45) is 0 Å². The number of hydrogen-bond acceptors (Lipinski definition) is 6. The van der Waals surface area contributed by atoms with E-state index in [2.05, 4.69) is 10.6 Å². The molecule has 0 unspecified atom stereocenters. The van der Waals surface area contributed by atoms with Gasteiger partial charge in [-0.1, -0.05) is 72.8 Å². The van der Waals surface area contributed by atoms with Crippen LogP contribution in [0.1, 0.15) is 16.7 Å². The van der Waals surface area contributed by atoms with Crippen molar-refractivity contribution in [1.29, 1.82) is 0 Å². The highest BCUT2D eigenvalue weighted by Crippen LogP contribution is 2.14. The Labute approximate surface area is 207 Å². The highest BCUT2D eigenvalue weighted by atomic mass is 16.6. The number of carboxylic acid groups (broad SMARTS) is 1. The van der Waals surface area contributed by atoms with Crippen LogP contribution in [-0.4, -0.2) is 40.1 Å². The van der Waals surface area contributed by atoms with Crippen LogP contribution >= 0.6 is 0 Å². The third-order valence-electron chi connectivity index (χ3n) is 5.31. The predicted molar refractivity (Wildman–Crippen MR) is 130 cm³/mol. The zero-order chi connectivity index (χ0) is 25.9. The quantitative estimate of drug-likeness (QED) is 0.275. The lowest BCUT2D eigenvalue weighted by Gasteiger charge is -2.21. The van der Waals surface area contributed by atoms with Crippen LogP contribution in [0.2, 0.25) is 0 Å². The van der Waals surface area contributed by atoms with E-state index in [-0.39, 0.29) is 25.1 Å². The van der Waals surface area contributed by atoms with E-state index in [0.29, 0.717) is 5.56 Å². The smallest absolute Gasteiger partial charge is 0.408 e. The number of nitrogens with zero attached hydrogens (tertiary/aromatic N) is 1. The average molecular weight is 492 g/mol. The number of nitrogens with one attached hydrogen (secondary N) is 2. The van der Waals surface area contributed by atoms with E-state index in [1.165, 1.54) is 24.3 Å². The van der Waals surface area contributed by atoms with Gasteiger partial charge in [0.2, 0.25) is 5.91 Å². The maximum Gasteiger partial charge on any atom is 0.408 e. The van der Waals surface area contributed by atoms with Gasteiger partial charge in [-0.3, -0.25) is 14.9 Å². The Bertz CT molecular complexity index is 1190. The Morgan fingerprint density at radius 1 is 0.778 bits per heavy atom. The first-order chi connectivity index (χ1) is 17.3.